The van der Waals surface area contributed by atoms with Crippen LogP contribution in [0.5, 0.6) is 0 Å². The first-order valence-electron chi connectivity index (χ1n) is 14.0. The molecule has 3 fully saturated rings. The second-order valence-corrected chi connectivity index (χ2v) is 12.5. The van der Waals surface area contributed by atoms with Crippen molar-refractivity contribution >= 4 is 27.7 Å². The van der Waals surface area contributed by atoms with Crippen LogP contribution in [-0.4, -0.2) is 71.5 Å². The van der Waals surface area contributed by atoms with Gasteiger partial charge in [0.15, 0.2) is 0 Å². The minimum absolute atomic E-state index is 0.117. The van der Waals surface area contributed by atoms with Gasteiger partial charge in [0.25, 0.3) is 0 Å². The zero-order chi connectivity index (χ0) is 25.5. The van der Waals surface area contributed by atoms with E-state index in [2.05, 4.69) is 66.9 Å². The van der Waals surface area contributed by atoms with Gasteiger partial charge in [-0.15, -0.1) is 0 Å². The van der Waals surface area contributed by atoms with Gasteiger partial charge in [0.2, 0.25) is 5.91 Å². The van der Waals surface area contributed by atoms with Crippen LogP contribution in [0.15, 0.2) is 35.1 Å². The third-order valence-corrected chi connectivity index (χ3v) is 9.10. The van der Waals surface area contributed by atoms with Gasteiger partial charge >= 0.3 is 0 Å². The highest BCUT2D eigenvalue weighted by Gasteiger charge is 2.37. The Labute approximate surface area is 227 Å². The Bertz CT molecular complexity index is 1100. The smallest absolute Gasteiger partial charge is 0.231 e. The van der Waals surface area contributed by atoms with Crippen LogP contribution in [0, 0.1) is 11.8 Å². The number of carbonyl (C=O) groups is 1. The molecule has 3 atom stereocenters. The second kappa shape index (κ2) is 10.6. The van der Waals surface area contributed by atoms with E-state index in [1.165, 1.54) is 32.0 Å². The third-order valence-electron chi connectivity index (χ3n) is 8.57. The van der Waals surface area contributed by atoms with Gasteiger partial charge in [-0.3, -0.25) is 4.79 Å². The Kier molecular flexibility index (Phi) is 7.23. The van der Waals surface area contributed by atoms with Crippen molar-refractivity contribution in [1.82, 2.24) is 19.8 Å². The zero-order valence-corrected chi connectivity index (χ0v) is 23.2. The summed E-state index contributed by atoms with van der Waals surface area (Å²) in [5.74, 6) is 2.66. The molecule has 0 radical (unpaired) electrons. The van der Waals surface area contributed by atoms with Crippen molar-refractivity contribution in [3.8, 4) is 0 Å². The number of nitrogens with zero attached hydrogens (tertiary/aromatic N) is 5. The molecule has 1 unspecified atom stereocenters. The van der Waals surface area contributed by atoms with Gasteiger partial charge in [-0.05, 0) is 67.6 Å². The summed E-state index contributed by atoms with van der Waals surface area (Å²) in [6, 6.07) is 8.31. The third kappa shape index (κ3) is 5.70. The maximum atomic E-state index is 14.5. The number of aromatic nitrogens is 2. The highest BCUT2D eigenvalue weighted by atomic mass is 79.9. The number of fused-ring (bicyclic) bond motifs is 1. The van der Waals surface area contributed by atoms with E-state index in [0.717, 1.165) is 52.9 Å². The Morgan fingerprint density at radius 3 is 2.32 bits per heavy atom. The van der Waals surface area contributed by atoms with E-state index in [1.807, 2.05) is 4.90 Å². The molecule has 1 saturated heterocycles. The summed E-state index contributed by atoms with van der Waals surface area (Å²) in [5.41, 5.74) is 2.61. The van der Waals surface area contributed by atoms with E-state index in [4.69, 9.17) is 0 Å². The summed E-state index contributed by atoms with van der Waals surface area (Å²) in [6.45, 7) is 7.83. The second-order valence-electron chi connectivity index (χ2n) is 11.6. The monoisotopic (exact) mass is 569 g/mol. The number of anilines is 1. The Balaban J connectivity index is 1.17. The molecule has 1 amide bonds. The number of amides is 1. The number of alkyl halides is 1. The molecule has 1 aromatic heterocycles. The normalized spacial score (nSPS) is 24.4. The largest absolute Gasteiger partial charge is 0.353 e. The van der Waals surface area contributed by atoms with Gasteiger partial charge in [-0.1, -0.05) is 35.0 Å². The van der Waals surface area contributed by atoms with Gasteiger partial charge < -0.3 is 14.7 Å². The number of halogens is 2. The van der Waals surface area contributed by atoms with Crippen molar-refractivity contribution in [3.05, 3.63) is 51.9 Å². The SMILES string of the molecule is C[C@@H]1C[C@@H](F)c2ncnc(N3CCN(C(=O)C(CN(CC4CC4)CC4CC4)c4ccc(Br)cc4)CC3)c21. The summed E-state index contributed by atoms with van der Waals surface area (Å²) in [5, 5.41) is 0. The number of hydrogen-bond acceptors (Lipinski definition) is 5. The lowest BCUT2D eigenvalue weighted by Gasteiger charge is -2.38. The van der Waals surface area contributed by atoms with Crippen molar-refractivity contribution in [2.24, 2.45) is 11.8 Å². The molecule has 198 valence electrons. The Morgan fingerprint density at radius 2 is 1.70 bits per heavy atom. The van der Waals surface area contributed by atoms with Crippen molar-refractivity contribution in [2.45, 2.75) is 57.0 Å². The molecule has 0 spiro atoms. The topological polar surface area (TPSA) is 52.6 Å². The molecule has 37 heavy (non-hydrogen) atoms. The maximum absolute atomic E-state index is 14.5. The van der Waals surface area contributed by atoms with Gasteiger partial charge in [-0.2, -0.15) is 0 Å². The maximum Gasteiger partial charge on any atom is 0.231 e. The molecule has 2 aromatic rings. The zero-order valence-electron chi connectivity index (χ0n) is 21.7. The molecule has 3 aliphatic carbocycles. The molecule has 2 saturated carbocycles. The van der Waals surface area contributed by atoms with Crippen LogP contribution in [0.3, 0.4) is 0 Å². The highest BCUT2D eigenvalue weighted by Crippen LogP contribution is 2.44. The average Bonchev–Trinajstić information content (AvgIpc) is 3.84. The minimum Gasteiger partial charge on any atom is -0.353 e. The summed E-state index contributed by atoms with van der Waals surface area (Å²) < 4.78 is 15.5. The first-order chi connectivity index (χ1) is 18.0. The quantitative estimate of drug-likeness (QED) is 0.409. The van der Waals surface area contributed by atoms with Crippen LogP contribution in [-0.2, 0) is 4.79 Å². The number of carbonyl (C=O) groups excluding carboxylic acids is 1. The Hall–Kier alpha value is -2.06. The first-order valence-corrected chi connectivity index (χ1v) is 14.8. The molecule has 1 aliphatic heterocycles. The van der Waals surface area contributed by atoms with E-state index >= 15 is 0 Å². The lowest BCUT2D eigenvalue weighted by atomic mass is 9.96. The van der Waals surface area contributed by atoms with Crippen LogP contribution in [0.25, 0.3) is 0 Å². The van der Waals surface area contributed by atoms with Crippen molar-refractivity contribution in [2.75, 3.05) is 50.7 Å². The molecule has 0 N–H and O–H groups in total. The average molecular weight is 571 g/mol. The molecular formula is C29H37BrFN5O. The number of rotatable bonds is 9. The van der Waals surface area contributed by atoms with Crippen LogP contribution < -0.4 is 4.90 Å². The minimum atomic E-state index is -1.00. The fourth-order valence-corrected chi connectivity index (χ4v) is 6.37. The van der Waals surface area contributed by atoms with E-state index in [-0.39, 0.29) is 17.7 Å². The van der Waals surface area contributed by atoms with E-state index in [9.17, 15) is 9.18 Å². The van der Waals surface area contributed by atoms with Crippen LogP contribution in [0.2, 0.25) is 0 Å². The van der Waals surface area contributed by atoms with E-state index in [1.54, 1.807) is 0 Å². The van der Waals surface area contributed by atoms with Crippen molar-refractivity contribution in [1.29, 1.82) is 0 Å². The van der Waals surface area contributed by atoms with Crippen LogP contribution in [0.4, 0.5) is 10.2 Å². The molecule has 8 heteroatoms. The van der Waals surface area contributed by atoms with E-state index in [0.29, 0.717) is 38.3 Å². The molecule has 6 rings (SSSR count). The van der Waals surface area contributed by atoms with Crippen molar-refractivity contribution in [3.63, 3.8) is 0 Å². The fourth-order valence-electron chi connectivity index (χ4n) is 6.11. The van der Waals surface area contributed by atoms with Gasteiger partial charge in [0.1, 0.15) is 18.3 Å². The van der Waals surface area contributed by atoms with Gasteiger partial charge in [0.05, 0.1) is 11.6 Å². The standard InChI is InChI=1S/C29H37BrFN5O/c1-19-14-25(31)27-26(19)28(33-18-32-27)35-10-12-36(13-11-35)29(37)24(22-6-8-23(30)9-7-22)17-34(15-20-2-3-20)16-21-4-5-21/h6-9,18-21,24-25H,2-5,10-17H2,1H3/t19-,24?,25-/m1/s1. The van der Waals surface area contributed by atoms with E-state index < -0.39 is 6.17 Å². The fraction of sp³-hybridized carbons (Fsp3) is 0.621. The summed E-state index contributed by atoms with van der Waals surface area (Å²) in [7, 11) is 0. The van der Waals surface area contributed by atoms with Gasteiger partial charge in [0, 0.05) is 55.8 Å². The molecule has 4 aliphatic rings. The first kappa shape index (κ1) is 25.2. The Morgan fingerprint density at radius 1 is 1.05 bits per heavy atom. The number of benzene rings is 1. The predicted octanol–water partition coefficient (Wildman–Crippen LogP) is 5.31. The lowest BCUT2D eigenvalue weighted by Crippen LogP contribution is -2.51. The predicted molar refractivity (Wildman–Crippen MR) is 146 cm³/mol. The summed E-state index contributed by atoms with van der Waals surface area (Å²) in [6.07, 6.45) is 6.28. The summed E-state index contributed by atoms with van der Waals surface area (Å²) >= 11 is 3.55. The van der Waals surface area contributed by atoms with Crippen LogP contribution in [0.1, 0.15) is 73.9 Å². The highest BCUT2D eigenvalue weighted by molar-refractivity contribution is 9.10. The molecule has 0 bridgehead atoms. The van der Waals surface area contributed by atoms with Gasteiger partial charge in [-0.25, -0.2) is 14.4 Å². The number of piperazine rings is 1. The molecule has 6 nitrogen and oxygen atoms in total. The molecule has 2 heterocycles. The van der Waals surface area contributed by atoms with Crippen molar-refractivity contribution < 1.29 is 9.18 Å². The molecular weight excluding hydrogens is 533 g/mol. The lowest BCUT2D eigenvalue weighted by molar-refractivity contribution is -0.133. The summed E-state index contributed by atoms with van der Waals surface area (Å²) in [4.78, 5) is 29.7. The number of hydrogen-bond donors (Lipinski definition) is 0. The molecule has 1 aromatic carbocycles. The van der Waals surface area contributed by atoms with Crippen LogP contribution >= 0.6 is 15.9 Å².